The van der Waals surface area contributed by atoms with Gasteiger partial charge in [0.1, 0.15) is 0 Å². The van der Waals surface area contributed by atoms with Gasteiger partial charge in [-0.05, 0) is 24.3 Å². The van der Waals surface area contributed by atoms with E-state index in [4.69, 9.17) is 0 Å². The molecule has 0 atom stereocenters. The molecule has 2 rings (SSSR count). The van der Waals surface area contributed by atoms with Crippen molar-refractivity contribution in [1.29, 1.82) is 0 Å². The predicted octanol–water partition coefficient (Wildman–Crippen LogP) is 2.89. The Balaban J connectivity index is 1.95. The molecule has 0 fully saturated rings. The summed E-state index contributed by atoms with van der Waals surface area (Å²) in [6.07, 6.45) is 3.46. The fraction of sp³-hybridized carbons (Fsp3) is 0.100. The van der Waals surface area contributed by atoms with Crippen LogP contribution in [0.5, 0.6) is 0 Å². The van der Waals surface area contributed by atoms with Crippen molar-refractivity contribution in [2.75, 3.05) is 5.32 Å². The fourth-order valence-corrected chi connectivity index (χ4v) is 1.77. The summed E-state index contributed by atoms with van der Waals surface area (Å²) in [7, 11) is 0. The molecule has 2 aromatic heterocycles. The monoisotopic (exact) mass is 208 g/mol. The largest absolute Gasteiger partial charge is 0.379 e. The van der Waals surface area contributed by atoms with E-state index in [-0.39, 0.29) is 5.13 Å². The average molecular weight is 208 g/mol. The lowest BCUT2D eigenvalue weighted by molar-refractivity contribution is 0.657. The smallest absolute Gasteiger partial charge is 0.176 e. The van der Waals surface area contributed by atoms with Crippen LogP contribution < -0.4 is 5.32 Å². The van der Waals surface area contributed by atoms with Gasteiger partial charge in [0, 0.05) is 23.8 Å². The molecule has 0 saturated heterocycles. The fourth-order valence-electron chi connectivity index (χ4n) is 1.10. The van der Waals surface area contributed by atoms with Crippen LogP contribution in [0, 0.1) is 5.13 Å². The third-order valence-electron chi connectivity index (χ3n) is 1.76. The van der Waals surface area contributed by atoms with Gasteiger partial charge in [0.25, 0.3) is 0 Å². The second-order valence-corrected chi connectivity index (χ2v) is 3.92. The first-order valence-electron chi connectivity index (χ1n) is 4.23. The molecule has 72 valence electrons. The zero-order valence-corrected chi connectivity index (χ0v) is 8.22. The maximum absolute atomic E-state index is 12.6. The van der Waals surface area contributed by atoms with Crippen LogP contribution in [0.2, 0.25) is 0 Å². The third kappa shape index (κ3) is 2.29. The molecule has 0 unspecified atom stereocenters. The lowest BCUT2D eigenvalue weighted by Crippen LogP contribution is -1.96. The van der Waals surface area contributed by atoms with Gasteiger partial charge in [-0.2, -0.15) is 4.39 Å². The van der Waals surface area contributed by atoms with Crippen LogP contribution in [0.15, 0.2) is 36.7 Å². The van der Waals surface area contributed by atoms with Crippen molar-refractivity contribution in [1.82, 2.24) is 4.98 Å². The predicted molar refractivity (Wildman–Crippen MR) is 55.8 cm³/mol. The van der Waals surface area contributed by atoms with E-state index in [9.17, 15) is 4.39 Å². The standard InChI is InChI=1S/C10H9FN2S/c11-10-4-3-9(14-10)7-13-8-2-1-5-12-6-8/h1-6,13H,7H2. The number of thiophene rings is 1. The highest BCUT2D eigenvalue weighted by Gasteiger charge is 1.98. The van der Waals surface area contributed by atoms with Gasteiger partial charge in [0.05, 0.1) is 5.69 Å². The Hall–Kier alpha value is -1.42. The molecule has 0 radical (unpaired) electrons. The normalized spacial score (nSPS) is 10.1. The summed E-state index contributed by atoms with van der Waals surface area (Å²) in [5.74, 6) is 0. The first-order chi connectivity index (χ1) is 6.84. The average Bonchev–Trinajstić information content (AvgIpc) is 2.63. The molecular formula is C10H9FN2S. The Morgan fingerprint density at radius 2 is 2.29 bits per heavy atom. The van der Waals surface area contributed by atoms with E-state index in [1.54, 1.807) is 18.5 Å². The van der Waals surface area contributed by atoms with Gasteiger partial charge in [-0.1, -0.05) is 0 Å². The van der Waals surface area contributed by atoms with Gasteiger partial charge >= 0.3 is 0 Å². The summed E-state index contributed by atoms with van der Waals surface area (Å²) >= 11 is 1.16. The molecular weight excluding hydrogens is 199 g/mol. The lowest BCUT2D eigenvalue weighted by atomic mass is 10.4. The van der Waals surface area contributed by atoms with E-state index in [2.05, 4.69) is 10.3 Å². The summed E-state index contributed by atoms with van der Waals surface area (Å²) in [5, 5.41) is 3.01. The second kappa shape index (κ2) is 4.19. The van der Waals surface area contributed by atoms with Crippen molar-refractivity contribution in [2.24, 2.45) is 0 Å². The second-order valence-electron chi connectivity index (χ2n) is 2.80. The van der Waals surface area contributed by atoms with Crippen LogP contribution in [0.4, 0.5) is 10.1 Å². The van der Waals surface area contributed by atoms with Gasteiger partial charge in [0.2, 0.25) is 0 Å². The van der Waals surface area contributed by atoms with Crippen LogP contribution in [-0.2, 0) is 6.54 Å². The molecule has 0 amide bonds. The molecule has 2 aromatic rings. The molecule has 4 heteroatoms. The summed E-state index contributed by atoms with van der Waals surface area (Å²) in [5.41, 5.74) is 0.946. The Kier molecular flexibility index (Phi) is 2.74. The number of hydrogen-bond acceptors (Lipinski definition) is 3. The van der Waals surface area contributed by atoms with Crippen molar-refractivity contribution in [3.8, 4) is 0 Å². The SMILES string of the molecule is Fc1ccc(CNc2cccnc2)s1. The quantitative estimate of drug-likeness (QED) is 0.838. The highest BCUT2D eigenvalue weighted by atomic mass is 32.1. The van der Waals surface area contributed by atoms with Gasteiger partial charge in [-0.3, -0.25) is 4.98 Å². The Morgan fingerprint density at radius 1 is 1.36 bits per heavy atom. The van der Waals surface area contributed by atoms with E-state index in [1.165, 1.54) is 6.07 Å². The Labute approximate surface area is 85.4 Å². The van der Waals surface area contributed by atoms with Crippen LogP contribution in [0.25, 0.3) is 0 Å². The summed E-state index contributed by atoms with van der Waals surface area (Å²) < 4.78 is 12.6. The third-order valence-corrected chi connectivity index (χ3v) is 2.63. The number of pyridine rings is 1. The molecule has 2 nitrogen and oxygen atoms in total. The minimum Gasteiger partial charge on any atom is -0.379 e. The van der Waals surface area contributed by atoms with E-state index < -0.39 is 0 Å². The molecule has 0 aromatic carbocycles. The maximum atomic E-state index is 12.6. The van der Waals surface area contributed by atoms with Crippen LogP contribution >= 0.6 is 11.3 Å². The molecule has 0 aliphatic carbocycles. The van der Waals surface area contributed by atoms with Gasteiger partial charge < -0.3 is 5.32 Å². The number of hydrogen-bond donors (Lipinski definition) is 1. The number of anilines is 1. The molecule has 0 bridgehead atoms. The molecule has 0 spiro atoms. The maximum Gasteiger partial charge on any atom is 0.176 e. The lowest BCUT2D eigenvalue weighted by Gasteiger charge is -2.02. The number of halogens is 1. The van der Waals surface area contributed by atoms with E-state index >= 15 is 0 Å². The molecule has 0 aliphatic heterocycles. The molecule has 0 aliphatic rings. The van der Waals surface area contributed by atoms with Crippen molar-refractivity contribution >= 4 is 17.0 Å². The van der Waals surface area contributed by atoms with Crippen molar-refractivity contribution in [2.45, 2.75) is 6.54 Å². The van der Waals surface area contributed by atoms with Crippen LogP contribution in [0.3, 0.4) is 0 Å². The van der Waals surface area contributed by atoms with Gasteiger partial charge in [0.15, 0.2) is 5.13 Å². The molecule has 14 heavy (non-hydrogen) atoms. The summed E-state index contributed by atoms with van der Waals surface area (Å²) in [4.78, 5) is 4.95. The highest BCUT2D eigenvalue weighted by molar-refractivity contribution is 7.10. The first kappa shape index (κ1) is 9.15. The van der Waals surface area contributed by atoms with Gasteiger partial charge in [-0.25, -0.2) is 0 Å². The van der Waals surface area contributed by atoms with Gasteiger partial charge in [-0.15, -0.1) is 11.3 Å². The Morgan fingerprint density at radius 3 is 2.93 bits per heavy atom. The van der Waals surface area contributed by atoms with Crippen molar-refractivity contribution < 1.29 is 4.39 Å². The summed E-state index contributed by atoms with van der Waals surface area (Å²) in [6, 6.07) is 7.04. The van der Waals surface area contributed by atoms with Crippen molar-refractivity contribution in [3.63, 3.8) is 0 Å². The van der Waals surface area contributed by atoms with Crippen LogP contribution in [-0.4, -0.2) is 4.98 Å². The molecule has 1 N–H and O–H groups in total. The van der Waals surface area contributed by atoms with E-state index in [0.717, 1.165) is 21.9 Å². The minimum absolute atomic E-state index is 0.145. The molecule has 2 heterocycles. The van der Waals surface area contributed by atoms with E-state index in [1.807, 2.05) is 12.1 Å². The zero-order valence-electron chi connectivity index (χ0n) is 7.40. The zero-order chi connectivity index (χ0) is 9.80. The number of rotatable bonds is 3. The topological polar surface area (TPSA) is 24.9 Å². The summed E-state index contributed by atoms with van der Waals surface area (Å²) in [6.45, 7) is 0.639. The van der Waals surface area contributed by atoms with E-state index in [0.29, 0.717) is 6.54 Å². The molecule has 0 saturated carbocycles. The highest BCUT2D eigenvalue weighted by Crippen LogP contribution is 2.15. The number of nitrogens with one attached hydrogen (secondary N) is 1. The number of nitrogens with zero attached hydrogens (tertiary/aromatic N) is 1. The Bertz CT molecular complexity index is 400. The first-order valence-corrected chi connectivity index (χ1v) is 5.04. The number of aromatic nitrogens is 1. The minimum atomic E-state index is -0.145. The van der Waals surface area contributed by atoms with Crippen molar-refractivity contribution in [3.05, 3.63) is 46.7 Å². The van der Waals surface area contributed by atoms with Crippen LogP contribution in [0.1, 0.15) is 4.88 Å².